The van der Waals surface area contributed by atoms with E-state index in [-0.39, 0.29) is 6.10 Å². The summed E-state index contributed by atoms with van der Waals surface area (Å²) in [5.41, 5.74) is 2.56. The normalized spacial score (nSPS) is 19.4. The van der Waals surface area contributed by atoms with Crippen LogP contribution in [0.25, 0.3) is 0 Å². The van der Waals surface area contributed by atoms with E-state index in [9.17, 15) is 0 Å². The maximum Gasteiger partial charge on any atom is 0.191 e. The van der Waals surface area contributed by atoms with Crippen molar-refractivity contribution in [1.82, 2.24) is 15.5 Å². The van der Waals surface area contributed by atoms with Crippen molar-refractivity contribution < 1.29 is 14.2 Å². The molecule has 4 rings (SSSR count). The highest BCUT2D eigenvalue weighted by Gasteiger charge is 2.20. The highest BCUT2D eigenvalue weighted by molar-refractivity contribution is 5.79. The zero-order chi connectivity index (χ0) is 20.6. The largest absolute Gasteiger partial charge is 0.486 e. The molecule has 0 bridgehead atoms. The molecule has 7 nitrogen and oxygen atoms in total. The van der Waals surface area contributed by atoms with E-state index in [1.807, 2.05) is 24.3 Å². The summed E-state index contributed by atoms with van der Waals surface area (Å²) in [5, 5.41) is 6.72. The molecule has 7 heteroatoms. The van der Waals surface area contributed by atoms with Gasteiger partial charge in [-0.1, -0.05) is 36.4 Å². The topological polar surface area (TPSA) is 67.4 Å². The van der Waals surface area contributed by atoms with Gasteiger partial charge in [0.1, 0.15) is 12.7 Å². The zero-order valence-corrected chi connectivity index (χ0v) is 17.5. The minimum absolute atomic E-state index is 0.0599. The second kappa shape index (κ2) is 10.3. The molecule has 1 unspecified atom stereocenters. The molecule has 2 aliphatic heterocycles. The number of ether oxygens (including phenoxy) is 3. The summed E-state index contributed by atoms with van der Waals surface area (Å²) in [6, 6.07) is 16.4. The van der Waals surface area contributed by atoms with Gasteiger partial charge in [-0.15, -0.1) is 0 Å². The van der Waals surface area contributed by atoms with Crippen LogP contribution < -0.4 is 20.1 Å². The number of para-hydroxylation sites is 2. The van der Waals surface area contributed by atoms with E-state index in [0.717, 1.165) is 50.3 Å². The molecule has 2 heterocycles. The van der Waals surface area contributed by atoms with Crippen LogP contribution >= 0.6 is 0 Å². The molecule has 0 saturated carbocycles. The highest BCUT2D eigenvalue weighted by Crippen LogP contribution is 2.30. The molecule has 1 atom stereocenters. The van der Waals surface area contributed by atoms with Gasteiger partial charge in [0.2, 0.25) is 0 Å². The average molecular weight is 411 g/mol. The molecule has 0 spiro atoms. The van der Waals surface area contributed by atoms with Gasteiger partial charge in [-0.25, -0.2) is 0 Å². The maximum absolute atomic E-state index is 5.99. The van der Waals surface area contributed by atoms with Crippen LogP contribution in [0.1, 0.15) is 11.1 Å². The van der Waals surface area contributed by atoms with Crippen molar-refractivity contribution in [3.8, 4) is 11.5 Å². The number of fused-ring (bicyclic) bond motifs is 1. The van der Waals surface area contributed by atoms with Gasteiger partial charge in [-0.2, -0.15) is 0 Å². The fourth-order valence-corrected chi connectivity index (χ4v) is 3.64. The first kappa shape index (κ1) is 20.5. The van der Waals surface area contributed by atoms with Gasteiger partial charge >= 0.3 is 0 Å². The van der Waals surface area contributed by atoms with Crippen molar-refractivity contribution in [2.75, 3.05) is 46.5 Å². The van der Waals surface area contributed by atoms with Gasteiger partial charge < -0.3 is 24.8 Å². The van der Waals surface area contributed by atoms with Crippen molar-refractivity contribution in [1.29, 1.82) is 0 Å². The summed E-state index contributed by atoms with van der Waals surface area (Å²) >= 11 is 0. The summed E-state index contributed by atoms with van der Waals surface area (Å²) in [4.78, 5) is 6.76. The third kappa shape index (κ3) is 5.64. The first-order valence-corrected chi connectivity index (χ1v) is 10.5. The van der Waals surface area contributed by atoms with Gasteiger partial charge in [-0.3, -0.25) is 9.89 Å². The zero-order valence-electron chi connectivity index (χ0n) is 17.5. The van der Waals surface area contributed by atoms with Gasteiger partial charge in [-0.05, 0) is 23.3 Å². The molecular weight excluding hydrogens is 380 g/mol. The Labute approximate surface area is 178 Å². The molecule has 1 fully saturated rings. The van der Waals surface area contributed by atoms with E-state index in [1.54, 1.807) is 7.05 Å². The van der Waals surface area contributed by atoms with Crippen molar-refractivity contribution in [3.63, 3.8) is 0 Å². The van der Waals surface area contributed by atoms with E-state index in [4.69, 9.17) is 14.2 Å². The van der Waals surface area contributed by atoms with Crippen LogP contribution in [0, 0.1) is 0 Å². The maximum atomic E-state index is 5.99. The lowest BCUT2D eigenvalue weighted by Gasteiger charge is -2.27. The van der Waals surface area contributed by atoms with E-state index in [0.29, 0.717) is 19.7 Å². The molecule has 0 aliphatic carbocycles. The van der Waals surface area contributed by atoms with E-state index >= 15 is 0 Å². The van der Waals surface area contributed by atoms with Crippen molar-refractivity contribution in [2.45, 2.75) is 19.2 Å². The van der Waals surface area contributed by atoms with Crippen LogP contribution in [-0.2, 0) is 17.8 Å². The number of rotatable bonds is 6. The molecule has 2 aliphatic rings. The summed E-state index contributed by atoms with van der Waals surface area (Å²) in [6.07, 6.45) is -0.0599. The number of morpholine rings is 1. The Morgan fingerprint density at radius 3 is 2.67 bits per heavy atom. The number of nitrogens with zero attached hydrogens (tertiary/aromatic N) is 2. The van der Waals surface area contributed by atoms with E-state index < -0.39 is 0 Å². The molecule has 2 aromatic rings. The van der Waals surface area contributed by atoms with Crippen molar-refractivity contribution in [3.05, 3.63) is 59.7 Å². The number of aliphatic imine (C=N–C) groups is 1. The van der Waals surface area contributed by atoms with Gasteiger partial charge in [0.05, 0.1) is 19.8 Å². The highest BCUT2D eigenvalue weighted by atomic mass is 16.6. The predicted octanol–water partition coefficient (Wildman–Crippen LogP) is 2.02. The molecule has 2 aromatic carbocycles. The molecule has 160 valence electrons. The minimum atomic E-state index is -0.0599. The molecule has 0 aromatic heterocycles. The molecule has 0 amide bonds. The Kier molecular flexibility index (Phi) is 7.05. The second-order valence-corrected chi connectivity index (χ2v) is 7.51. The monoisotopic (exact) mass is 410 g/mol. The van der Waals surface area contributed by atoms with Crippen LogP contribution in [0.3, 0.4) is 0 Å². The first-order valence-electron chi connectivity index (χ1n) is 10.5. The van der Waals surface area contributed by atoms with Gasteiger partial charge in [0.25, 0.3) is 0 Å². The van der Waals surface area contributed by atoms with E-state index in [2.05, 4.69) is 44.8 Å². The molecule has 2 N–H and O–H groups in total. The lowest BCUT2D eigenvalue weighted by Crippen LogP contribution is -2.45. The summed E-state index contributed by atoms with van der Waals surface area (Å²) in [6.45, 7) is 6.45. The van der Waals surface area contributed by atoms with Gasteiger partial charge in [0.15, 0.2) is 17.5 Å². The van der Waals surface area contributed by atoms with Gasteiger partial charge in [0, 0.05) is 33.2 Å². The first-order chi connectivity index (χ1) is 14.8. The number of hydrogen-bond acceptors (Lipinski definition) is 5. The van der Waals surface area contributed by atoms with Crippen molar-refractivity contribution >= 4 is 5.96 Å². The summed E-state index contributed by atoms with van der Waals surface area (Å²) in [5.74, 6) is 2.33. The van der Waals surface area contributed by atoms with E-state index in [1.165, 1.54) is 11.1 Å². The Hall–Kier alpha value is -2.77. The van der Waals surface area contributed by atoms with Crippen LogP contribution in [-0.4, -0.2) is 63.5 Å². The minimum Gasteiger partial charge on any atom is -0.486 e. The third-order valence-corrected chi connectivity index (χ3v) is 5.25. The molecule has 1 saturated heterocycles. The fraction of sp³-hybridized carbons (Fsp3) is 0.435. The Balaban J connectivity index is 1.24. The summed E-state index contributed by atoms with van der Waals surface area (Å²) in [7, 11) is 1.78. The molecule has 30 heavy (non-hydrogen) atoms. The SMILES string of the molecule is CN=C(NCc1cccc(CN2CCOCC2)c1)NCC1COc2ccccc2O1. The van der Waals surface area contributed by atoms with Crippen LogP contribution in [0.15, 0.2) is 53.5 Å². The summed E-state index contributed by atoms with van der Waals surface area (Å²) < 4.78 is 17.2. The van der Waals surface area contributed by atoms with Crippen molar-refractivity contribution in [2.24, 2.45) is 4.99 Å². The number of nitrogens with one attached hydrogen (secondary N) is 2. The third-order valence-electron chi connectivity index (χ3n) is 5.25. The fourth-order valence-electron chi connectivity index (χ4n) is 3.64. The predicted molar refractivity (Wildman–Crippen MR) is 117 cm³/mol. The lowest BCUT2D eigenvalue weighted by molar-refractivity contribution is 0.0342. The number of hydrogen-bond donors (Lipinski definition) is 2. The lowest BCUT2D eigenvalue weighted by atomic mass is 10.1. The Morgan fingerprint density at radius 2 is 1.83 bits per heavy atom. The average Bonchev–Trinajstić information content (AvgIpc) is 2.80. The standard InChI is InChI=1S/C23H30N4O3/c1-24-23(26-15-20-17-29-21-7-2-3-8-22(21)30-20)25-14-18-5-4-6-19(13-18)16-27-9-11-28-12-10-27/h2-8,13,20H,9-12,14-17H2,1H3,(H2,24,25,26). The van der Waals surface area contributed by atoms with Crippen LogP contribution in [0.4, 0.5) is 0 Å². The molecular formula is C23H30N4O3. The smallest absolute Gasteiger partial charge is 0.191 e. The number of benzene rings is 2. The van der Waals surface area contributed by atoms with Crippen LogP contribution in [0.2, 0.25) is 0 Å². The quantitative estimate of drug-likeness (QED) is 0.561. The second-order valence-electron chi connectivity index (χ2n) is 7.51. The Morgan fingerprint density at radius 1 is 1.03 bits per heavy atom. The number of guanidine groups is 1. The molecule has 0 radical (unpaired) electrons. The van der Waals surface area contributed by atoms with Crippen LogP contribution in [0.5, 0.6) is 11.5 Å². The Bertz CT molecular complexity index is 852.